The van der Waals surface area contributed by atoms with Crippen LogP contribution in [0.2, 0.25) is 0 Å². The Morgan fingerprint density at radius 3 is 2.43 bits per heavy atom. The smallest absolute Gasteiger partial charge is 0.419 e. The van der Waals surface area contributed by atoms with E-state index < -0.39 is 22.8 Å². The number of ether oxygens (including phenoxy) is 1. The third-order valence-corrected chi connectivity index (χ3v) is 4.72. The highest BCUT2D eigenvalue weighted by Crippen LogP contribution is 2.35. The van der Waals surface area contributed by atoms with Gasteiger partial charge in [-0.1, -0.05) is 0 Å². The van der Waals surface area contributed by atoms with E-state index in [1.54, 1.807) is 4.90 Å². The number of aromatic nitrogens is 1. The van der Waals surface area contributed by atoms with Gasteiger partial charge in [0.05, 0.1) is 10.5 Å². The number of benzene rings is 1. The average Bonchev–Trinajstić information content (AvgIpc) is 2.72. The van der Waals surface area contributed by atoms with Gasteiger partial charge in [-0.15, -0.1) is 0 Å². The summed E-state index contributed by atoms with van der Waals surface area (Å²) in [6.07, 6.45) is -3.94. The molecule has 0 aliphatic carbocycles. The van der Waals surface area contributed by atoms with Gasteiger partial charge in [-0.05, 0) is 24.3 Å². The van der Waals surface area contributed by atoms with Crippen molar-refractivity contribution in [2.24, 2.45) is 0 Å². The molecule has 1 fully saturated rings. The van der Waals surface area contributed by atoms with Gasteiger partial charge in [0.2, 0.25) is 0 Å². The first-order chi connectivity index (χ1) is 14.2. The van der Waals surface area contributed by atoms with E-state index in [0.717, 1.165) is 6.07 Å². The van der Waals surface area contributed by atoms with Crippen LogP contribution in [-0.2, 0) is 6.18 Å². The number of rotatable bonds is 7. The second-order valence-electron chi connectivity index (χ2n) is 6.88. The minimum Gasteiger partial charge on any atom is -0.491 e. The summed E-state index contributed by atoms with van der Waals surface area (Å²) in [5, 5.41) is 20.8. The third-order valence-electron chi connectivity index (χ3n) is 4.72. The number of alkyl halides is 3. The Bertz CT molecular complexity index is 856. The Morgan fingerprint density at radius 2 is 1.83 bits per heavy atom. The number of hydrogen-bond donors (Lipinski definition) is 1. The van der Waals surface area contributed by atoms with Crippen LogP contribution in [0.25, 0.3) is 0 Å². The van der Waals surface area contributed by atoms with Crippen molar-refractivity contribution in [2.45, 2.75) is 12.3 Å². The molecule has 0 saturated carbocycles. The maximum Gasteiger partial charge on any atom is 0.419 e. The standard InChI is InChI=1S/C19H21F3N4O4/c20-19(21,22)17-2-1-7-23-18(17)25-10-8-24(9-11-25)12-15(27)13-30-16-5-3-14(4-6-16)26(28)29/h1-7,15,27H,8-13H2. The van der Waals surface area contributed by atoms with Crippen molar-refractivity contribution < 1.29 is 27.9 Å². The SMILES string of the molecule is O=[N+]([O-])c1ccc(OCC(O)CN2CCN(c3ncccc3C(F)(F)F)CC2)cc1. The van der Waals surface area contributed by atoms with Crippen molar-refractivity contribution in [3.05, 3.63) is 58.3 Å². The Balaban J connectivity index is 1.47. The summed E-state index contributed by atoms with van der Waals surface area (Å²) in [7, 11) is 0. The molecule has 0 amide bonds. The van der Waals surface area contributed by atoms with Crippen LogP contribution in [0.15, 0.2) is 42.6 Å². The summed E-state index contributed by atoms with van der Waals surface area (Å²) in [6, 6.07) is 7.82. The summed E-state index contributed by atoms with van der Waals surface area (Å²) in [5.41, 5.74) is -0.808. The number of anilines is 1. The number of hydrogen-bond acceptors (Lipinski definition) is 7. The molecule has 1 atom stereocenters. The van der Waals surface area contributed by atoms with Crippen molar-refractivity contribution in [2.75, 3.05) is 44.2 Å². The van der Waals surface area contributed by atoms with Crippen molar-refractivity contribution in [1.82, 2.24) is 9.88 Å². The van der Waals surface area contributed by atoms with Gasteiger partial charge >= 0.3 is 6.18 Å². The number of aliphatic hydroxyl groups is 1. The fraction of sp³-hybridized carbons (Fsp3) is 0.421. The lowest BCUT2D eigenvalue weighted by molar-refractivity contribution is -0.384. The van der Waals surface area contributed by atoms with Crippen LogP contribution in [0.4, 0.5) is 24.7 Å². The first kappa shape index (κ1) is 21.8. The highest BCUT2D eigenvalue weighted by atomic mass is 19.4. The number of halogens is 3. The number of nitro benzene ring substituents is 1. The quantitative estimate of drug-likeness (QED) is 0.537. The van der Waals surface area contributed by atoms with Crippen molar-refractivity contribution in [3.63, 3.8) is 0 Å². The lowest BCUT2D eigenvalue weighted by Crippen LogP contribution is -2.49. The van der Waals surface area contributed by atoms with Gasteiger partial charge in [-0.3, -0.25) is 15.0 Å². The molecule has 162 valence electrons. The van der Waals surface area contributed by atoms with Gasteiger partial charge < -0.3 is 14.7 Å². The van der Waals surface area contributed by atoms with Crippen LogP contribution < -0.4 is 9.64 Å². The highest BCUT2D eigenvalue weighted by Gasteiger charge is 2.36. The van der Waals surface area contributed by atoms with E-state index in [9.17, 15) is 28.4 Å². The van der Waals surface area contributed by atoms with E-state index in [1.807, 2.05) is 4.90 Å². The molecular weight excluding hydrogens is 405 g/mol. The van der Waals surface area contributed by atoms with Gasteiger partial charge in [0, 0.05) is 51.1 Å². The zero-order chi connectivity index (χ0) is 21.7. The Kier molecular flexibility index (Phi) is 6.73. The minimum atomic E-state index is -4.47. The monoisotopic (exact) mass is 426 g/mol. The Morgan fingerprint density at radius 1 is 1.17 bits per heavy atom. The summed E-state index contributed by atoms with van der Waals surface area (Å²) >= 11 is 0. The molecule has 0 bridgehead atoms. The molecule has 3 rings (SSSR count). The third kappa shape index (κ3) is 5.57. The van der Waals surface area contributed by atoms with Crippen LogP contribution in [0.3, 0.4) is 0 Å². The molecule has 8 nitrogen and oxygen atoms in total. The maximum atomic E-state index is 13.2. The van der Waals surface area contributed by atoms with Crippen LogP contribution in [0.1, 0.15) is 5.56 Å². The van der Waals surface area contributed by atoms with E-state index in [-0.39, 0.29) is 18.1 Å². The lowest BCUT2D eigenvalue weighted by atomic mass is 10.2. The first-order valence-electron chi connectivity index (χ1n) is 9.29. The molecule has 11 heteroatoms. The number of nitro groups is 1. The lowest BCUT2D eigenvalue weighted by Gasteiger charge is -2.37. The topological polar surface area (TPSA) is 92.0 Å². The number of β-amino-alcohol motifs (C(OH)–C–C–N with tert-alkyl or cyclic N) is 1. The molecule has 2 heterocycles. The fourth-order valence-electron chi connectivity index (χ4n) is 3.22. The molecule has 1 unspecified atom stereocenters. The molecule has 0 radical (unpaired) electrons. The van der Waals surface area contributed by atoms with Crippen molar-refractivity contribution in [1.29, 1.82) is 0 Å². The number of piperazine rings is 1. The molecule has 1 aliphatic rings. The Labute approximate surface area is 170 Å². The maximum absolute atomic E-state index is 13.2. The molecule has 0 spiro atoms. The van der Waals surface area contributed by atoms with Crippen molar-refractivity contribution >= 4 is 11.5 Å². The largest absolute Gasteiger partial charge is 0.491 e. The van der Waals surface area contributed by atoms with E-state index in [1.165, 1.54) is 36.5 Å². The zero-order valence-corrected chi connectivity index (χ0v) is 16.0. The summed E-state index contributed by atoms with van der Waals surface area (Å²) < 4.78 is 45.0. The van der Waals surface area contributed by atoms with E-state index in [0.29, 0.717) is 38.5 Å². The minimum absolute atomic E-state index is 0.00348. The molecule has 1 N–H and O–H groups in total. The molecule has 1 aliphatic heterocycles. The van der Waals surface area contributed by atoms with Gasteiger partial charge in [-0.2, -0.15) is 13.2 Å². The molecule has 1 aromatic carbocycles. The Hall–Kier alpha value is -2.92. The van der Waals surface area contributed by atoms with E-state index >= 15 is 0 Å². The second kappa shape index (κ2) is 9.26. The van der Waals surface area contributed by atoms with Crippen LogP contribution in [0.5, 0.6) is 5.75 Å². The van der Waals surface area contributed by atoms with Crippen LogP contribution in [0, 0.1) is 10.1 Å². The van der Waals surface area contributed by atoms with Gasteiger partial charge in [0.1, 0.15) is 24.3 Å². The summed E-state index contributed by atoms with van der Waals surface area (Å²) in [4.78, 5) is 17.6. The number of aliphatic hydroxyl groups excluding tert-OH is 1. The van der Waals surface area contributed by atoms with Gasteiger partial charge in [-0.25, -0.2) is 4.98 Å². The van der Waals surface area contributed by atoms with Crippen LogP contribution in [-0.4, -0.2) is 65.3 Å². The number of non-ortho nitro benzene ring substituents is 1. The molecule has 1 aromatic heterocycles. The highest BCUT2D eigenvalue weighted by molar-refractivity contribution is 5.48. The predicted molar refractivity (Wildman–Crippen MR) is 102 cm³/mol. The summed E-state index contributed by atoms with van der Waals surface area (Å²) in [5.74, 6) is 0.325. The predicted octanol–water partition coefficient (Wildman–Crippen LogP) is 2.57. The fourth-order valence-corrected chi connectivity index (χ4v) is 3.22. The molecule has 30 heavy (non-hydrogen) atoms. The molecular formula is C19H21F3N4O4. The number of pyridine rings is 1. The van der Waals surface area contributed by atoms with Gasteiger partial charge in [0.15, 0.2) is 0 Å². The molecule has 1 saturated heterocycles. The van der Waals surface area contributed by atoms with E-state index in [2.05, 4.69) is 4.98 Å². The van der Waals surface area contributed by atoms with Crippen molar-refractivity contribution in [3.8, 4) is 5.75 Å². The number of nitrogens with zero attached hydrogens (tertiary/aromatic N) is 4. The zero-order valence-electron chi connectivity index (χ0n) is 16.0. The summed E-state index contributed by atoms with van der Waals surface area (Å²) in [6.45, 7) is 1.96. The first-order valence-corrected chi connectivity index (χ1v) is 9.29. The average molecular weight is 426 g/mol. The van der Waals surface area contributed by atoms with Crippen LogP contribution >= 0.6 is 0 Å². The second-order valence-corrected chi connectivity index (χ2v) is 6.88. The molecule has 2 aromatic rings. The normalized spacial score (nSPS) is 16.3. The van der Waals surface area contributed by atoms with Gasteiger partial charge in [0.25, 0.3) is 5.69 Å². The van der Waals surface area contributed by atoms with E-state index in [4.69, 9.17) is 4.74 Å².